The summed E-state index contributed by atoms with van der Waals surface area (Å²) < 4.78 is 1.78. The first-order valence-electron chi connectivity index (χ1n) is 24.9. The van der Waals surface area contributed by atoms with Crippen LogP contribution < -0.4 is 20.7 Å². The van der Waals surface area contributed by atoms with Crippen molar-refractivity contribution >= 4 is 51.6 Å². The molecule has 6 aliphatic rings. The van der Waals surface area contributed by atoms with E-state index in [1.54, 1.807) is 15.7 Å². The summed E-state index contributed by atoms with van der Waals surface area (Å²) in [5.74, 6) is 1.66. The van der Waals surface area contributed by atoms with Crippen LogP contribution in [0.4, 0.5) is 11.4 Å². The lowest BCUT2D eigenvalue weighted by atomic mass is 9.82. The number of piperazine rings is 1. The molecule has 67 heavy (non-hydrogen) atoms. The van der Waals surface area contributed by atoms with Gasteiger partial charge in [0, 0.05) is 99.0 Å². The lowest BCUT2D eigenvalue weighted by Gasteiger charge is -2.39. The lowest BCUT2D eigenvalue weighted by Crippen LogP contribution is -2.49. The van der Waals surface area contributed by atoms with E-state index in [-0.39, 0.29) is 34.8 Å². The maximum absolute atomic E-state index is 13.6. The van der Waals surface area contributed by atoms with Gasteiger partial charge in [0.25, 0.3) is 11.5 Å². The second kappa shape index (κ2) is 19.4. The fourth-order valence-corrected chi connectivity index (χ4v) is 12.3. The van der Waals surface area contributed by atoms with Crippen LogP contribution in [0.5, 0.6) is 0 Å². The number of allylic oxidation sites excluding steroid dienone is 1. The van der Waals surface area contributed by atoms with E-state index in [0.29, 0.717) is 59.1 Å². The first-order valence-corrected chi connectivity index (χ1v) is 25.3. The van der Waals surface area contributed by atoms with Crippen molar-refractivity contribution in [2.24, 2.45) is 11.8 Å². The molecule has 1 atom stereocenters. The maximum atomic E-state index is 13.6. The van der Waals surface area contributed by atoms with E-state index < -0.39 is 6.04 Å². The van der Waals surface area contributed by atoms with Crippen LogP contribution in [0.1, 0.15) is 127 Å². The van der Waals surface area contributed by atoms with Crippen molar-refractivity contribution in [1.29, 1.82) is 0 Å². The van der Waals surface area contributed by atoms with E-state index in [9.17, 15) is 19.2 Å². The van der Waals surface area contributed by atoms with Gasteiger partial charge >= 0.3 is 0 Å². The van der Waals surface area contributed by atoms with Crippen LogP contribution in [0.15, 0.2) is 53.7 Å². The number of carbonyl (C=O) groups excluding carboxylic acids is 3. The molecule has 0 spiro atoms. The summed E-state index contributed by atoms with van der Waals surface area (Å²) >= 11 is 7.03. The van der Waals surface area contributed by atoms with Crippen LogP contribution >= 0.6 is 11.6 Å². The third-order valence-corrected chi connectivity index (χ3v) is 16.4. The minimum absolute atomic E-state index is 0.0528. The van der Waals surface area contributed by atoms with Crippen LogP contribution in [-0.2, 0) is 17.8 Å². The number of rotatable bonds is 12. The van der Waals surface area contributed by atoms with Crippen molar-refractivity contribution < 1.29 is 14.4 Å². The Kier molecular flexibility index (Phi) is 13.2. The van der Waals surface area contributed by atoms with Crippen LogP contribution in [-0.4, -0.2) is 123 Å². The van der Waals surface area contributed by atoms with Crippen LogP contribution in [0, 0.1) is 18.8 Å². The summed E-state index contributed by atoms with van der Waals surface area (Å²) in [4.78, 5) is 78.4. The summed E-state index contributed by atoms with van der Waals surface area (Å²) in [6, 6.07) is 7.71. The van der Waals surface area contributed by atoms with E-state index in [4.69, 9.17) is 21.6 Å². The molecule has 2 amide bonds. The predicted octanol–water partition coefficient (Wildman–Crippen LogP) is 6.95. The second-order valence-corrected chi connectivity index (χ2v) is 20.5. The molecule has 3 aromatic heterocycles. The number of nitrogens with one attached hydrogen (secondary N) is 1. The van der Waals surface area contributed by atoms with Gasteiger partial charge in [-0.1, -0.05) is 31.0 Å². The lowest BCUT2D eigenvalue weighted by molar-refractivity contribution is -0.126. The third-order valence-electron chi connectivity index (χ3n) is 16.0. The highest BCUT2D eigenvalue weighted by Gasteiger charge is 2.40. The summed E-state index contributed by atoms with van der Waals surface area (Å²) in [6.07, 6.45) is 15.6. The van der Waals surface area contributed by atoms with Gasteiger partial charge < -0.3 is 24.9 Å². The van der Waals surface area contributed by atoms with E-state index in [1.165, 1.54) is 39.3 Å². The Hall–Kier alpha value is -5.18. The van der Waals surface area contributed by atoms with Crippen molar-refractivity contribution in [3.05, 3.63) is 98.1 Å². The number of aromatic nitrogens is 4. The molecule has 8 heterocycles. The average Bonchev–Trinajstić information content (AvgIpc) is 3.98. The average molecular weight is 930 g/mol. The molecule has 4 saturated heterocycles. The van der Waals surface area contributed by atoms with Gasteiger partial charge in [0.1, 0.15) is 17.5 Å². The highest BCUT2D eigenvalue weighted by Crippen LogP contribution is 2.40. The number of hydrogen-bond donors (Lipinski definition) is 1. The van der Waals surface area contributed by atoms with E-state index in [0.717, 1.165) is 131 Å². The standard InChI is InChI=1S/C52H65ClN10O4/c1-33-8-12-45(50(65)56-33)62-32-43-41(51(62)66)11-13-44(48(43)53)61-20-16-37(17-21-61)28-36-14-18-58(19-15-36)22-23-59-24-26-60(27-25-59)40-10-9-38(54-30-40)29-46-55-31-42-34(2)47(35(3)64)52(67)63(49(42)57-46)39-6-4-5-7-39/h9-11,13,30-31,36-37,39,45H,1,4-8,12,14-29,32H2,2-3H3,(H,56,65)/t45-/m0/s1. The first-order chi connectivity index (χ1) is 32.5. The molecular weight excluding hydrogens is 864 g/mol. The number of fused-ring (bicyclic) bond motifs is 2. The largest absolute Gasteiger partial charge is 0.370 e. The van der Waals surface area contributed by atoms with Gasteiger partial charge in [-0.2, -0.15) is 0 Å². The number of pyridine rings is 2. The quantitative estimate of drug-likeness (QED) is 0.148. The normalized spacial score (nSPS) is 21.7. The molecule has 14 nitrogen and oxygen atoms in total. The first kappa shape index (κ1) is 45.6. The molecule has 5 fully saturated rings. The second-order valence-electron chi connectivity index (χ2n) is 20.2. The van der Waals surface area contributed by atoms with Gasteiger partial charge in [0.05, 0.1) is 34.6 Å². The van der Waals surface area contributed by atoms with Gasteiger partial charge in [-0.25, -0.2) is 9.97 Å². The Morgan fingerprint density at radius 2 is 1.52 bits per heavy atom. The molecule has 0 radical (unpaired) electrons. The molecule has 0 unspecified atom stereocenters. The summed E-state index contributed by atoms with van der Waals surface area (Å²) in [5, 5.41) is 4.25. The SMILES string of the molecule is C=C1CC[C@H](N2Cc3c(ccc(N4CCC(CC5CCN(CCN6CCN(c7ccc(Cc8ncc9c(C)c(C(C)=O)c(=O)n(C%10CCCC%10)c9n8)nc7)CC6)CC5)CC4)c3Cl)C2=O)C(=O)N1. The molecule has 354 valence electrons. The van der Waals surface area contributed by atoms with Gasteiger partial charge in [-0.05, 0) is 126 Å². The number of nitrogens with zero attached hydrogens (tertiary/aromatic N) is 9. The number of Topliss-reactive ketones (excluding diaryl/α,β-unsaturated/α-hetero) is 1. The number of benzene rings is 1. The van der Waals surface area contributed by atoms with Gasteiger partial charge in [0.15, 0.2) is 5.78 Å². The topological polar surface area (TPSA) is 140 Å². The fraction of sp³-hybridized carbons (Fsp3) is 0.558. The Morgan fingerprint density at radius 3 is 2.19 bits per heavy atom. The van der Waals surface area contributed by atoms with Crippen LogP contribution in [0.3, 0.4) is 0 Å². The minimum atomic E-state index is -0.486. The summed E-state index contributed by atoms with van der Waals surface area (Å²) in [6.45, 7) is 18.1. The molecular formula is C52H65ClN10O4. The minimum Gasteiger partial charge on any atom is -0.370 e. The number of ketones is 1. The van der Waals surface area contributed by atoms with Crippen LogP contribution in [0.2, 0.25) is 5.02 Å². The Morgan fingerprint density at radius 1 is 0.821 bits per heavy atom. The van der Waals surface area contributed by atoms with Crippen LogP contribution in [0.25, 0.3) is 11.0 Å². The van der Waals surface area contributed by atoms with E-state index in [2.05, 4.69) is 48.6 Å². The molecule has 10 rings (SSSR count). The highest BCUT2D eigenvalue weighted by atomic mass is 35.5. The number of halogens is 1. The van der Waals surface area contributed by atoms with Crippen molar-refractivity contribution in [1.82, 2.24) is 39.5 Å². The molecule has 0 bridgehead atoms. The summed E-state index contributed by atoms with van der Waals surface area (Å²) in [5.41, 5.74) is 6.52. The number of piperidine rings is 3. The predicted molar refractivity (Wildman–Crippen MR) is 262 cm³/mol. The third kappa shape index (κ3) is 9.37. The molecule has 1 N–H and O–H groups in total. The maximum Gasteiger partial charge on any atom is 0.263 e. The van der Waals surface area contributed by atoms with Crippen molar-refractivity contribution in [2.45, 2.75) is 110 Å². The molecule has 1 saturated carbocycles. The Bertz CT molecular complexity index is 2600. The zero-order valence-electron chi connectivity index (χ0n) is 39.3. The van der Waals surface area contributed by atoms with Crippen molar-refractivity contribution in [3.8, 4) is 0 Å². The molecule has 1 aromatic carbocycles. The van der Waals surface area contributed by atoms with Gasteiger partial charge in [0.2, 0.25) is 5.91 Å². The number of carbonyl (C=O) groups is 3. The highest BCUT2D eigenvalue weighted by molar-refractivity contribution is 6.35. The molecule has 1 aliphatic carbocycles. The molecule has 5 aliphatic heterocycles. The van der Waals surface area contributed by atoms with Gasteiger partial charge in [-0.15, -0.1) is 0 Å². The van der Waals surface area contributed by atoms with Crippen molar-refractivity contribution in [2.75, 3.05) is 75.2 Å². The Labute approximate surface area is 398 Å². The number of amides is 2. The number of aryl methyl sites for hydroxylation is 1. The van der Waals surface area contributed by atoms with Gasteiger partial charge in [-0.3, -0.25) is 33.6 Å². The fourth-order valence-electron chi connectivity index (χ4n) is 12.0. The summed E-state index contributed by atoms with van der Waals surface area (Å²) in [7, 11) is 0. The number of likely N-dealkylation sites (tertiary alicyclic amines) is 1. The monoisotopic (exact) mass is 928 g/mol. The zero-order chi connectivity index (χ0) is 46.3. The molecule has 15 heteroatoms. The number of hydrogen-bond acceptors (Lipinski definition) is 11. The zero-order valence-corrected chi connectivity index (χ0v) is 40.0. The Balaban J connectivity index is 0.647. The van der Waals surface area contributed by atoms with Crippen molar-refractivity contribution in [3.63, 3.8) is 0 Å². The smallest absolute Gasteiger partial charge is 0.263 e. The van der Waals surface area contributed by atoms with E-state index in [1.807, 2.05) is 25.3 Å². The number of anilines is 2. The van der Waals surface area contributed by atoms with E-state index >= 15 is 0 Å². The molecule has 4 aromatic rings.